The molecule has 1 atom stereocenters. The smallest absolute Gasteiger partial charge is 0.261 e. The Morgan fingerprint density at radius 2 is 1.73 bits per heavy atom. The Morgan fingerprint density at radius 1 is 1.08 bits per heavy atom. The van der Waals surface area contributed by atoms with Crippen LogP contribution in [0.4, 0.5) is 0 Å². The topological polar surface area (TPSA) is 89.3 Å². The van der Waals surface area contributed by atoms with E-state index >= 15 is 0 Å². The van der Waals surface area contributed by atoms with Crippen molar-refractivity contribution in [3.05, 3.63) is 83.0 Å². The van der Waals surface area contributed by atoms with Crippen LogP contribution in [0.2, 0.25) is 0 Å². The molecular formula is C19H18N2O4S. The molecule has 134 valence electrons. The largest absolute Gasteiger partial charge is 0.387 e. The van der Waals surface area contributed by atoms with E-state index in [0.29, 0.717) is 11.1 Å². The fourth-order valence-electron chi connectivity index (χ4n) is 2.63. The minimum Gasteiger partial charge on any atom is -0.387 e. The molecule has 0 amide bonds. The van der Waals surface area contributed by atoms with Crippen molar-refractivity contribution in [3.8, 4) is 11.1 Å². The lowest BCUT2D eigenvalue weighted by atomic mass is 10.1. The van der Waals surface area contributed by atoms with E-state index < -0.39 is 15.9 Å². The summed E-state index contributed by atoms with van der Waals surface area (Å²) >= 11 is 0. The number of benzene rings is 2. The third-order valence-electron chi connectivity index (χ3n) is 4.05. The molecule has 0 aliphatic carbocycles. The maximum Gasteiger partial charge on any atom is 0.261 e. The number of aromatic nitrogens is 2. The molecule has 3 aromatic rings. The van der Waals surface area contributed by atoms with Crippen molar-refractivity contribution in [3.63, 3.8) is 0 Å². The highest BCUT2D eigenvalue weighted by Crippen LogP contribution is 2.18. The molecule has 0 saturated heterocycles. The van der Waals surface area contributed by atoms with Crippen LogP contribution < -0.4 is 5.56 Å². The zero-order chi connectivity index (χ0) is 18.7. The molecule has 0 bridgehead atoms. The minimum absolute atomic E-state index is 0.0186. The van der Waals surface area contributed by atoms with Crippen molar-refractivity contribution in [2.45, 2.75) is 17.5 Å². The Labute approximate surface area is 151 Å². The van der Waals surface area contributed by atoms with Gasteiger partial charge in [-0.25, -0.2) is 13.4 Å². The van der Waals surface area contributed by atoms with Gasteiger partial charge in [0, 0.05) is 12.5 Å². The van der Waals surface area contributed by atoms with Gasteiger partial charge in [0.2, 0.25) is 0 Å². The Morgan fingerprint density at radius 3 is 2.35 bits per heavy atom. The van der Waals surface area contributed by atoms with E-state index in [1.807, 2.05) is 30.3 Å². The molecule has 1 N–H and O–H groups in total. The van der Waals surface area contributed by atoms with Crippen molar-refractivity contribution >= 4 is 9.84 Å². The Bertz CT molecular complexity index is 1060. The summed E-state index contributed by atoms with van der Waals surface area (Å²) in [5.74, 6) is 0. The van der Waals surface area contributed by atoms with Gasteiger partial charge >= 0.3 is 0 Å². The minimum atomic E-state index is -3.29. The van der Waals surface area contributed by atoms with E-state index in [4.69, 9.17) is 0 Å². The highest BCUT2D eigenvalue weighted by molar-refractivity contribution is 7.90. The van der Waals surface area contributed by atoms with Crippen LogP contribution in [0.15, 0.2) is 76.8 Å². The summed E-state index contributed by atoms with van der Waals surface area (Å²) in [5.41, 5.74) is 1.48. The van der Waals surface area contributed by atoms with Crippen LogP contribution in [0.5, 0.6) is 0 Å². The number of hydrogen-bond donors (Lipinski definition) is 1. The van der Waals surface area contributed by atoms with Gasteiger partial charge in [-0.2, -0.15) is 0 Å². The summed E-state index contributed by atoms with van der Waals surface area (Å²) in [6.45, 7) is 0.0186. The number of nitrogens with zero attached hydrogens (tertiary/aromatic N) is 2. The van der Waals surface area contributed by atoms with Gasteiger partial charge in [-0.15, -0.1) is 0 Å². The highest BCUT2D eigenvalue weighted by Gasteiger charge is 2.14. The van der Waals surface area contributed by atoms with E-state index in [-0.39, 0.29) is 17.0 Å². The maximum atomic E-state index is 12.7. The molecule has 0 spiro atoms. The molecule has 0 aliphatic rings. The normalized spacial score (nSPS) is 12.7. The Balaban J connectivity index is 1.86. The van der Waals surface area contributed by atoms with Gasteiger partial charge in [-0.3, -0.25) is 9.36 Å². The summed E-state index contributed by atoms with van der Waals surface area (Å²) < 4.78 is 24.4. The number of hydrogen-bond acceptors (Lipinski definition) is 5. The molecule has 0 aliphatic heterocycles. The molecule has 6 nitrogen and oxygen atoms in total. The Hall–Kier alpha value is -2.77. The van der Waals surface area contributed by atoms with Crippen molar-refractivity contribution in [1.29, 1.82) is 0 Å². The standard InChI is InChI=1S/C19H18N2O4S/c1-26(24,25)16-9-7-15(8-10-16)18(22)12-21-13-20-11-17(19(21)23)14-5-3-2-4-6-14/h2-11,13,18,22H,12H2,1H3. The SMILES string of the molecule is CS(=O)(=O)c1ccc(C(O)Cn2cncc(-c3ccccc3)c2=O)cc1. The van der Waals surface area contributed by atoms with Gasteiger partial charge in [0.1, 0.15) is 0 Å². The van der Waals surface area contributed by atoms with Gasteiger partial charge in [0.05, 0.1) is 29.4 Å². The lowest BCUT2D eigenvalue weighted by Crippen LogP contribution is -2.24. The van der Waals surface area contributed by atoms with Crippen LogP contribution in [-0.4, -0.2) is 29.3 Å². The fraction of sp³-hybridized carbons (Fsp3) is 0.158. The predicted octanol–water partition coefficient (Wildman–Crippen LogP) is 2.05. The zero-order valence-corrected chi connectivity index (χ0v) is 14.9. The van der Waals surface area contributed by atoms with Crippen molar-refractivity contribution < 1.29 is 13.5 Å². The first kappa shape index (κ1) is 18.0. The van der Waals surface area contributed by atoms with E-state index in [0.717, 1.165) is 11.8 Å². The van der Waals surface area contributed by atoms with Crippen molar-refractivity contribution in [2.75, 3.05) is 6.26 Å². The van der Waals surface area contributed by atoms with Crippen LogP contribution in [0, 0.1) is 0 Å². The second-order valence-electron chi connectivity index (χ2n) is 5.99. The van der Waals surface area contributed by atoms with Gasteiger partial charge in [0.15, 0.2) is 9.84 Å². The molecule has 26 heavy (non-hydrogen) atoms. The maximum absolute atomic E-state index is 12.7. The average Bonchev–Trinajstić information content (AvgIpc) is 2.63. The van der Waals surface area contributed by atoms with Crippen LogP contribution >= 0.6 is 0 Å². The van der Waals surface area contributed by atoms with E-state index in [2.05, 4.69) is 4.98 Å². The summed E-state index contributed by atoms with van der Waals surface area (Å²) in [4.78, 5) is 16.9. The second-order valence-corrected chi connectivity index (χ2v) is 8.00. The first-order valence-electron chi connectivity index (χ1n) is 7.94. The molecular weight excluding hydrogens is 352 g/mol. The molecule has 7 heteroatoms. The van der Waals surface area contributed by atoms with Crippen LogP contribution in [0.25, 0.3) is 11.1 Å². The summed E-state index contributed by atoms with van der Waals surface area (Å²) in [6, 6.07) is 15.1. The average molecular weight is 370 g/mol. The molecule has 0 saturated carbocycles. The molecule has 1 aromatic heterocycles. The highest BCUT2D eigenvalue weighted by atomic mass is 32.2. The van der Waals surface area contributed by atoms with Gasteiger partial charge in [0.25, 0.3) is 5.56 Å². The zero-order valence-electron chi connectivity index (χ0n) is 14.1. The van der Waals surface area contributed by atoms with E-state index in [1.165, 1.54) is 29.2 Å². The molecule has 2 aromatic carbocycles. The predicted molar refractivity (Wildman–Crippen MR) is 98.4 cm³/mol. The summed E-state index contributed by atoms with van der Waals surface area (Å²) in [6.07, 6.45) is 3.04. The molecule has 1 heterocycles. The third kappa shape index (κ3) is 3.89. The number of sulfone groups is 1. The van der Waals surface area contributed by atoms with Crippen LogP contribution in [0.1, 0.15) is 11.7 Å². The molecule has 0 fully saturated rings. The van der Waals surface area contributed by atoms with Crippen LogP contribution in [-0.2, 0) is 16.4 Å². The first-order chi connectivity index (χ1) is 12.4. The molecule has 0 radical (unpaired) electrons. The quantitative estimate of drug-likeness (QED) is 0.742. The number of aliphatic hydroxyl groups excluding tert-OH is 1. The van der Waals surface area contributed by atoms with Gasteiger partial charge < -0.3 is 5.11 Å². The van der Waals surface area contributed by atoms with Crippen molar-refractivity contribution in [2.24, 2.45) is 0 Å². The number of rotatable bonds is 5. The lowest BCUT2D eigenvalue weighted by Gasteiger charge is -2.14. The molecule has 3 rings (SSSR count). The van der Waals surface area contributed by atoms with Gasteiger partial charge in [-0.05, 0) is 23.3 Å². The molecule has 1 unspecified atom stereocenters. The van der Waals surface area contributed by atoms with Crippen LogP contribution in [0.3, 0.4) is 0 Å². The van der Waals surface area contributed by atoms with Gasteiger partial charge in [-0.1, -0.05) is 42.5 Å². The summed E-state index contributed by atoms with van der Waals surface area (Å²) in [5, 5.41) is 10.4. The monoisotopic (exact) mass is 370 g/mol. The third-order valence-corrected chi connectivity index (χ3v) is 5.18. The van der Waals surface area contributed by atoms with E-state index in [9.17, 15) is 18.3 Å². The number of aliphatic hydroxyl groups is 1. The lowest BCUT2D eigenvalue weighted by molar-refractivity contribution is 0.154. The second kappa shape index (κ2) is 7.23. The Kier molecular flexibility index (Phi) is 5.01. The van der Waals surface area contributed by atoms with E-state index in [1.54, 1.807) is 12.1 Å². The summed E-state index contributed by atoms with van der Waals surface area (Å²) in [7, 11) is -3.29. The van der Waals surface area contributed by atoms with Crippen molar-refractivity contribution in [1.82, 2.24) is 9.55 Å². The fourth-order valence-corrected chi connectivity index (χ4v) is 3.26. The first-order valence-corrected chi connectivity index (χ1v) is 9.83.